The maximum Gasteiger partial charge on any atom is 0.239 e. The Hall–Kier alpha value is -1.40. The van der Waals surface area contributed by atoms with E-state index >= 15 is 0 Å². The third kappa shape index (κ3) is 5.85. The molecule has 0 radical (unpaired) electrons. The standard InChI is InChI=1S/C13H20N2O3S/c1-2-3-8-19(17,18)10-13(16)15-12-6-4-11(9-14)5-7-12/h4-7H,2-3,8-10,14H2,1H3,(H,15,16). The van der Waals surface area contributed by atoms with E-state index in [1.165, 1.54) is 0 Å². The largest absolute Gasteiger partial charge is 0.326 e. The lowest BCUT2D eigenvalue weighted by molar-refractivity contribution is -0.113. The van der Waals surface area contributed by atoms with E-state index in [0.717, 1.165) is 12.0 Å². The molecule has 0 saturated carbocycles. The second kappa shape index (κ2) is 7.25. The van der Waals surface area contributed by atoms with E-state index in [1.807, 2.05) is 6.92 Å². The summed E-state index contributed by atoms with van der Waals surface area (Å²) < 4.78 is 23.2. The van der Waals surface area contributed by atoms with Crippen molar-refractivity contribution in [3.63, 3.8) is 0 Å². The highest BCUT2D eigenvalue weighted by molar-refractivity contribution is 7.92. The van der Waals surface area contributed by atoms with Crippen LogP contribution in [0.15, 0.2) is 24.3 Å². The fraction of sp³-hybridized carbons (Fsp3) is 0.462. The molecule has 1 amide bonds. The molecule has 0 atom stereocenters. The second-order valence-electron chi connectivity index (χ2n) is 4.39. The summed E-state index contributed by atoms with van der Waals surface area (Å²) in [5, 5.41) is 2.57. The Balaban J connectivity index is 2.54. The molecule has 1 rings (SSSR count). The van der Waals surface area contributed by atoms with Gasteiger partial charge in [-0.3, -0.25) is 4.79 Å². The van der Waals surface area contributed by atoms with Crippen LogP contribution in [0.1, 0.15) is 25.3 Å². The van der Waals surface area contributed by atoms with Crippen LogP contribution in [-0.2, 0) is 21.2 Å². The van der Waals surface area contributed by atoms with E-state index in [-0.39, 0.29) is 5.75 Å². The number of carbonyl (C=O) groups is 1. The highest BCUT2D eigenvalue weighted by Gasteiger charge is 2.16. The summed E-state index contributed by atoms with van der Waals surface area (Å²) in [5.74, 6) is -0.911. The molecule has 0 saturated heterocycles. The Morgan fingerprint density at radius 1 is 1.26 bits per heavy atom. The molecule has 106 valence electrons. The first kappa shape index (κ1) is 15.7. The van der Waals surface area contributed by atoms with Crippen LogP contribution in [0.4, 0.5) is 5.69 Å². The van der Waals surface area contributed by atoms with Gasteiger partial charge in [-0.15, -0.1) is 0 Å². The highest BCUT2D eigenvalue weighted by Crippen LogP contribution is 2.09. The van der Waals surface area contributed by atoms with Gasteiger partial charge in [-0.1, -0.05) is 25.5 Å². The predicted molar refractivity (Wildman–Crippen MR) is 76.5 cm³/mol. The quantitative estimate of drug-likeness (QED) is 0.789. The molecule has 0 heterocycles. The monoisotopic (exact) mass is 284 g/mol. The number of nitrogens with two attached hydrogens (primary N) is 1. The van der Waals surface area contributed by atoms with E-state index in [2.05, 4.69) is 5.32 Å². The molecule has 1 aromatic carbocycles. The summed E-state index contributed by atoms with van der Waals surface area (Å²) in [7, 11) is -3.31. The lowest BCUT2D eigenvalue weighted by Crippen LogP contribution is -2.24. The van der Waals surface area contributed by atoms with E-state index in [4.69, 9.17) is 5.73 Å². The van der Waals surface area contributed by atoms with Crippen LogP contribution in [0.25, 0.3) is 0 Å². The Labute approximate surface area is 114 Å². The molecule has 0 unspecified atom stereocenters. The Bertz CT molecular complexity index is 509. The van der Waals surface area contributed by atoms with Crippen LogP contribution in [-0.4, -0.2) is 25.8 Å². The van der Waals surface area contributed by atoms with E-state index < -0.39 is 21.5 Å². The summed E-state index contributed by atoms with van der Waals surface area (Å²) in [6.45, 7) is 2.34. The number of unbranched alkanes of at least 4 members (excludes halogenated alkanes) is 1. The fourth-order valence-corrected chi connectivity index (χ4v) is 2.90. The van der Waals surface area contributed by atoms with E-state index in [0.29, 0.717) is 18.7 Å². The fourth-order valence-electron chi connectivity index (χ4n) is 1.56. The number of benzene rings is 1. The molecule has 0 aromatic heterocycles. The molecule has 0 bridgehead atoms. The first-order valence-corrected chi connectivity index (χ1v) is 8.08. The van der Waals surface area contributed by atoms with Crippen molar-refractivity contribution in [1.82, 2.24) is 0 Å². The average Bonchev–Trinajstić information content (AvgIpc) is 2.36. The molecule has 1 aromatic rings. The summed E-state index contributed by atoms with van der Waals surface area (Å²) in [6.07, 6.45) is 1.38. The zero-order valence-electron chi connectivity index (χ0n) is 11.1. The summed E-state index contributed by atoms with van der Waals surface area (Å²) in [5.41, 5.74) is 6.99. The smallest absolute Gasteiger partial charge is 0.239 e. The van der Waals surface area contributed by atoms with Gasteiger partial charge in [0.1, 0.15) is 5.75 Å². The van der Waals surface area contributed by atoms with Gasteiger partial charge in [-0.25, -0.2) is 8.42 Å². The van der Waals surface area contributed by atoms with Crippen molar-refractivity contribution in [2.24, 2.45) is 5.73 Å². The van der Waals surface area contributed by atoms with Crippen molar-refractivity contribution in [2.45, 2.75) is 26.3 Å². The molecule has 3 N–H and O–H groups in total. The second-order valence-corrected chi connectivity index (χ2v) is 6.58. The van der Waals surface area contributed by atoms with Crippen LogP contribution in [0, 0.1) is 0 Å². The summed E-state index contributed by atoms with van der Waals surface area (Å²) in [6, 6.07) is 7.00. The zero-order chi connectivity index (χ0) is 14.3. The lowest BCUT2D eigenvalue weighted by atomic mass is 10.2. The third-order valence-corrected chi connectivity index (χ3v) is 4.25. The third-order valence-electron chi connectivity index (χ3n) is 2.63. The number of carbonyl (C=O) groups excluding carboxylic acids is 1. The number of sulfone groups is 1. The molecule has 0 aliphatic carbocycles. The number of amides is 1. The molecule has 5 nitrogen and oxygen atoms in total. The molecule has 0 spiro atoms. The van der Waals surface area contributed by atoms with Gasteiger partial charge in [0.25, 0.3) is 0 Å². The average molecular weight is 284 g/mol. The van der Waals surface area contributed by atoms with Crippen molar-refractivity contribution in [3.8, 4) is 0 Å². The van der Waals surface area contributed by atoms with Crippen molar-refractivity contribution in [2.75, 3.05) is 16.8 Å². The normalized spacial score (nSPS) is 11.3. The molecular weight excluding hydrogens is 264 g/mol. The Morgan fingerprint density at radius 3 is 2.42 bits per heavy atom. The number of hydrogen-bond acceptors (Lipinski definition) is 4. The minimum Gasteiger partial charge on any atom is -0.326 e. The summed E-state index contributed by atoms with van der Waals surface area (Å²) >= 11 is 0. The van der Waals surface area contributed by atoms with Crippen LogP contribution >= 0.6 is 0 Å². The van der Waals surface area contributed by atoms with Gasteiger partial charge in [0.05, 0.1) is 5.75 Å². The topological polar surface area (TPSA) is 89.3 Å². The Morgan fingerprint density at radius 2 is 1.89 bits per heavy atom. The van der Waals surface area contributed by atoms with Crippen molar-refractivity contribution >= 4 is 21.4 Å². The molecule has 19 heavy (non-hydrogen) atoms. The van der Waals surface area contributed by atoms with Gasteiger partial charge in [-0.05, 0) is 24.1 Å². The molecular formula is C13H20N2O3S. The van der Waals surface area contributed by atoms with Gasteiger partial charge < -0.3 is 11.1 Å². The van der Waals surface area contributed by atoms with Gasteiger partial charge >= 0.3 is 0 Å². The molecule has 0 fully saturated rings. The van der Waals surface area contributed by atoms with Gasteiger partial charge in [0.15, 0.2) is 9.84 Å². The van der Waals surface area contributed by atoms with Crippen molar-refractivity contribution in [3.05, 3.63) is 29.8 Å². The molecule has 6 heteroatoms. The number of rotatable bonds is 7. The van der Waals surface area contributed by atoms with Crippen LogP contribution in [0.5, 0.6) is 0 Å². The highest BCUT2D eigenvalue weighted by atomic mass is 32.2. The predicted octanol–water partition coefficient (Wildman–Crippen LogP) is 1.30. The van der Waals surface area contributed by atoms with Crippen LogP contribution in [0.3, 0.4) is 0 Å². The van der Waals surface area contributed by atoms with Crippen molar-refractivity contribution in [1.29, 1.82) is 0 Å². The van der Waals surface area contributed by atoms with Crippen LogP contribution < -0.4 is 11.1 Å². The Kier molecular flexibility index (Phi) is 5.98. The van der Waals surface area contributed by atoms with Gasteiger partial charge in [-0.2, -0.15) is 0 Å². The number of hydrogen-bond donors (Lipinski definition) is 2. The minimum atomic E-state index is -3.31. The minimum absolute atomic E-state index is 0.0586. The van der Waals surface area contributed by atoms with E-state index in [1.54, 1.807) is 24.3 Å². The summed E-state index contributed by atoms with van der Waals surface area (Å²) in [4.78, 5) is 11.6. The maximum absolute atomic E-state index is 11.6. The molecule has 0 aliphatic rings. The van der Waals surface area contributed by atoms with Crippen LogP contribution in [0.2, 0.25) is 0 Å². The molecule has 0 aliphatic heterocycles. The maximum atomic E-state index is 11.6. The van der Waals surface area contributed by atoms with Gasteiger partial charge in [0, 0.05) is 12.2 Å². The van der Waals surface area contributed by atoms with E-state index in [9.17, 15) is 13.2 Å². The number of anilines is 1. The SMILES string of the molecule is CCCCS(=O)(=O)CC(=O)Nc1ccc(CN)cc1. The lowest BCUT2D eigenvalue weighted by Gasteiger charge is -2.06. The van der Waals surface area contributed by atoms with Crippen molar-refractivity contribution < 1.29 is 13.2 Å². The first-order valence-electron chi connectivity index (χ1n) is 6.26. The van der Waals surface area contributed by atoms with Gasteiger partial charge in [0.2, 0.25) is 5.91 Å². The zero-order valence-corrected chi connectivity index (χ0v) is 11.9. The first-order chi connectivity index (χ1) is 8.96. The number of nitrogens with one attached hydrogen (secondary N) is 1.